The molecular formula is C49H56BrF12NO2. The highest BCUT2D eigenvalue weighted by atomic mass is 79.9. The second-order valence-electron chi connectivity index (χ2n) is 19.6. The van der Waals surface area contributed by atoms with Crippen molar-refractivity contribution in [2.75, 3.05) is 21.3 Å². The third-order valence-electron chi connectivity index (χ3n) is 13.4. The van der Waals surface area contributed by atoms with Crippen LogP contribution in [-0.4, -0.2) is 31.8 Å². The standard InChI is InChI=1S/C49H56F12NO2.BrH/c1-14-45(10,15-2)26(3)62(11)24-35-33(22-37(43(4,5)6)41(63-12)39(35)27-16-29(46(50,51)52)20-30(17-27)47(53,54)55)34-23-38(44(7,8)9)42(64-13)40(36(34)25-62)28-18-31(48(56,57)58)21-32(19-28)49(59,60)61;/h16-23,26H,14-15,24-25H2,1-13H3;1H/q+1;/p-1/t26-;/m0./s1. The van der Waals surface area contributed by atoms with Crippen LogP contribution in [0.2, 0.25) is 0 Å². The molecule has 4 aromatic rings. The Kier molecular flexibility index (Phi) is 14.6. The van der Waals surface area contributed by atoms with E-state index < -0.39 is 74.3 Å². The highest BCUT2D eigenvalue weighted by Gasteiger charge is 2.48. The van der Waals surface area contributed by atoms with Crippen LogP contribution in [0.4, 0.5) is 52.7 Å². The lowest BCUT2D eigenvalue weighted by molar-refractivity contribution is -0.963. The lowest BCUT2D eigenvalue weighted by Gasteiger charge is -2.48. The number of nitrogens with zero attached hydrogens (tertiary/aromatic N) is 1. The Morgan fingerprint density at radius 2 is 0.785 bits per heavy atom. The minimum atomic E-state index is -5.20. The molecule has 0 saturated heterocycles. The molecule has 1 aliphatic rings. The Morgan fingerprint density at radius 3 is 1.00 bits per heavy atom. The van der Waals surface area contributed by atoms with E-state index in [4.69, 9.17) is 9.47 Å². The summed E-state index contributed by atoms with van der Waals surface area (Å²) >= 11 is 0. The Hall–Kier alpha value is -3.92. The molecular weight excluding hydrogens is 942 g/mol. The van der Waals surface area contributed by atoms with Gasteiger partial charge in [0.25, 0.3) is 0 Å². The number of benzene rings is 4. The molecule has 360 valence electrons. The first-order valence-electron chi connectivity index (χ1n) is 20.9. The van der Waals surface area contributed by atoms with E-state index in [0.717, 1.165) is 0 Å². The molecule has 0 spiro atoms. The number of alkyl halides is 12. The minimum absolute atomic E-state index is 0. The lowest BCUT2D eigenvalue weighted by Crippen LogP contribution is -3.00. The molecule has 1 atom stereocenters. The molecule has 16 heteroatoms. The summed E-state index contributed by atoms with van der Waals surface area (Å²) in [5, 5.41) is 0. The van der Waals surface area contributed by atoms with Gasteiger partial charge in [0.15, 0.2) is 0 Å². The predicted octanol–water partition coefficient (Wildman–Crippen LogP) is 13.1. The molecule has 4 aromatic carbocycles. The van der Waals surface area contributed by atoms with Crippen LogP contribution in [0.5, 0.6) is 11.5 Å². The maximum Gasteiger partial charge on any atom is 0.416 e. The highest BCUT2D eigenvalue weighted by Crippen LogP contribution is 2.56. The number of halogens is 13. The van der Waals surface area contributed by atoms with Gasteiger partial charge in [0, 0.05) is 38.8 Å². The SMILES string of the molecule is CCC(C)(CC)[C@H](C)[N+]1(C)Cc2c(cc(C(C)(C)C)c(OC)c2-c2cc(C(F)(F)F)cc(C(F)(F)F)c2)-c2cc(C(C)(C)C)c(OC)c(-c3cc(C(F)(F)F)cc(C(F)(F)F)c3)c2C1.[Br-]. The van der Waals surface area contributed by atoms with E-state index in [1.54, 1.807) is 53.7 Å². The van der Waals surface area contributed by atoms with E-state index in [0.29, 0.717) is 59.4 Å². The molecule has 1 aliphatic heterocycles. The number of hydrogen-bond donors (Lipinski definition) is 0. The molecule has 0 N–H and O–H groups in total. The van der Waals surface area contributed by atoms with Crippen LogP contribution in [-0.2, 0) is 48.6 Å². The van der Waals surface area contributed by atoms with E-state index in [2.05, 4.69) is 0 Å². The van der Waals surface area contributed by atoms with Gasteiger partial charge in [-0.05, 0) is 101 Å². The van der Waals surface area contributed by atoms with Crippen molar-refractivity contribution in [3.05, 3.63) is 93.0 Å². The van der Waals surface area contributed by atoms with E-state index in [9.17, 15) is 52.7 Å². The van der Waals surface area contributed by atoms with Crippen LogP contribution in [0.25, 0.3) is 33.4 Å². The van der Waals surface area contributed by atoms with Crippen LogP contribution in [0.3, 0.4) is 0 Å². The Labute approximate surface area is 383 Å². The Bertz CT molecular complexity index is 2190. The molecule has 1 heterocycles. The van der Waals surface area contributed by atoms with Crippen LogP contribution >= 0.6 is 0 Å². The van der Waals surface area contributed by atoms with Gasteiger partial charge >= 0.3 is 24.7 Å². The largest absolute Gasteiger partial charge is 1.00 e. The molecule has 0 aromatic heterocycles. The summed E-state index contributed by atoms with van der Waals surface area (Å²) in [6.07, 6.45) is -19.6. The number of rotatable bonds is 8. The third-order valence-corrected chi connectivity index (χ3v) is 13.4. The quantitative estimate of drug-likeness (QED) is 0.129. The van der Waals surface area contributed by atoms with Gasteiger partial charge in [-0.2, -0.15) is 52.7 Å². The first kappa shape index (κ1) is 53.7. The molecule has 0 saturated carbocycles. The van der Waals surface area contributed by atoms with Crippen molar-refractivity contribution in [2.45, 2.75) is 137 Å². The maximum absolute atomic E-state index is 14.6. The molecule has 3 nitrogen and oxygen atoms in total. The monoisotopic (exact) mass is 997 g/mol. The van der Waals surface area contributed by atoms with Crippen molar-refractivity contribution in [3.63, 3.8) is 0 Å². The molecule has 0 aliphatic carbocycles. The summed E-state index contributed by atoms with van der Waals surface area (Å²) in [5.41, 5.74) is -7.46. The third kappa shape index (κ3) is 10.3. The molecule has 0 bridgehead atoms. The van der Waals surface area contributed by atoms with Gasteiger partial charge in [-0.3, -0.25) is 0 Å². The van der Waals surface area contributed by atoms with Gasteiger partial charge in [0.05, 0.1) is 49.6 Å². The summed E-state index contributed by atoms with van der Waals surface area (Å²) in [6, 6.07) is 5.81. The molecule has 0 radical (unpaired) electrons. The number of hydrogen-bond acceptors (Lipinski definition) is 2. The summed E-state index contributed by atoms with van der Waals surface area (Å²) < 4.78 is 188. The fourth-order valence-corrected chi connectivity index (χ4v) is 9.21. The van der Waals surface area contributed by atoms with E-state index in [1.807, 2.05) is 34.7 Å². The van der Waals surface area contributed by atoms with E-state index in [-0.39, 0.29) is 86.5 Å². The lowest BCUT2D eigenvalue weighted by atomic mass is 9.76. The zero-order valence-corrected chi connectivity index (χ0v) is 40.3. The number of quaternary nitrogens is 1. The van der Waals surface area contributed by atoms with Crippen LogP contribution < -0.4 is 26.5 Å². The first-order valence-corrected chi connectivity index (χ1v) is 20.9. The molecule has 0 amide bonds. The Morgan fingerprint density at radius 1 is 0.508 bits per heavy atom. The molecule has 0 unspecified atom stereocenters. The van der Waals surface area contributed by atoms with Crippen molar-refractivity contribution in [3.8, 4) is 44.9 Å². The molecule has 5 rings (SSSR count). The number of fused-ring (bicyclic) bond motifs is 3. The predicted molar refractivity (Wildman–Crippen MR) is 225 cm³/mol. The van der Waals surface area contributed by atoms with Crippen molar-refractivity contribution in [1.82, 2.24) is 0 Å². The van der Waals surface area contributed by atoms with Crippen molar-refractivity contribution in [1.29, 1.82) is 0 Å². The number of ether oxygens (including phenoxy) is 2. The first-order chi connectivity index (χ1) is 29.0. The van der Waals surface area contributed by atoms with Crippen molar-refractivity contribution >= 4 is 0 Å². The van der Waals surface area contributed by atoms with Gasteiger partial charge in [0.2, 0.25) is 0 Å². The average Bonchev–Trinajstić information content (AvgIpc) is 3.29. The van der Waals surface area contributed by atoms with Crippen LogP contribution in [0, 0.1) is 5.41 Å². The smallest absolute Gasteiger partial charge is 0.416 e. The van der Waals surface area contributed by atoms with Crippen molar-refractivity contribution < 1.29 is 83.6 Å². The second kappa shape index (κ2) is 17.6. The van der Waals surface area contributed by atoms with Gasteiger partial charge in [-0.25, -0.2) is 0 Å². The number of methoxy groups -OCH3 is 2. The zero-order chi connectivity index (χ0) is 48.7. The average molecular weight is 999 g/mol. The van der Waals surface area contributed by atoms with Crippen LogP contribution in [0.1, 0.15) is 127 Å². The fourth-order valence-electron chi connectivity index (χ4n) is 9.21. The summed E-state index contributed by atoms with van der Waals surface area (Å²) in [6.45, 7) is 18.5. The summed E-state index contributed by atoms with van der Waals surface area (Å²) in [7, 11) is 4.39. The summed E-state index contributed by atoms with van der Waals surface area (Å²) in [4.78, 5) is 0. The summed E-state index contributed by atoms with van der Waals surface area (Å²) in [5.74, 6) is 0.0418. The van der Waals surface area contributed by atoms with Gasteiger partial charge in [0.1, 0.15) is 24.6 Å². The highest BCUT2D eigenvalue weighted by molar-refractivity contribution is 5.91. The normalized spacial score (nSPS) is 15.4. The molecule has 65 heavy (non-hydrogen) atoms. The van der Waals surface area contributed by atoms with Gasteiger partial charge in [-0.15, -0.1) is 0 Å². The minimum Gasteiger partial charge on any atom is -1.00 e. The fraction of sp³-hybridized carbons (Fsp3) is 0.510. The van der Waals surface area contributed by atoms with E-state index in [1.165, 1.54) is 14.2 Å². The van der Waals surface area contributed by atoms with Gasteiger partial charge < -0.3 is 30.9 Å². The van der Waals surface area contributed by atoms with Crippen molar-refractivity contribution in [2.24, 2.45) is 5.41 Å². The topological polar surface area (TPSA) is 18.5 Å². The van der Waals surface area contributed by atoms with Gasteiger partial charge in [-0.1, -0.05) is 62.3 Å². The second-order valence-corrected chi connectivity index (χ2v) is 19.6. The Balaban J connectivity index is 0.00000925. The van der Waals surface area contributed by atoms with Crippen LogP contribution in [0.15, 0.2) is 48.5 Å². The maximum atomic E-state index is 14.6. The zero-order valence-electron chi connectivity index (χ0n) is 38.7. The van der Waals surface area contributed by atoms with E-state index >= 15 is 0 Å². The molecule has 0 fully saturated rings.